The Bertz CT molecular complexity index is 826. The van der Waals surface area contributed by atoms with Crippen LogP contribution in [0.4, 0.5) is 0 Å². The second-order valence-electron chi connectivity index (χ2n) is 5.72. The molecule has 2 heterocycles. The summed E-state index contributed by atoms with van der Waals surface area (Å²) in [6.45, 7) is 5.63. The van der Waals surface area contributed by atoms with Crippen LogP contribution in [0.2, 0.25) is 5.02 Å². The molecule has 1 aromatic heterocycles. The number of halogens is 1. The van der Waals surface area contributed by atoms with Crippen molar-refractivity contribution in [1.82, 2.24) is 4.90 Å². The zero-order chi connectivity index (χ0) is 17.3. The van der Waals surface area contributed by atoms with Crippen molar-refractivity contribution in [3.05, 3.63) is 39.2 Å². The van der Waals surface area contributed by atoms with Gasteiger partial charge in [0.15, 0.2) is 6.10 Å². The van der Waals surface area contributed by atoms with Gasteiger partial charge in [-0.05, 0) is 25.5 Å². The third-order valence-electron chi connectivity index (χ3n) is 3.98. The van der Waals surface area contributed by atoms with Gasteiger partial charge in [0.05, 0.1) is 18.2 Å². The molecular weight excluding hydrogens is 334 g/mol. The normalized spacial score (nSPS) is 16.2. The summed E-state index contributed by atoms with van der Waals surface area (Å²) in [7, 11) is 0. The van der Waals surface area contributed by atoms with E-state index in [0.717, 1.165) is 10.9 Å². The molecule has 2 aromatic rings. The van der Waals surface area contributed by atoms with Gasteiger partial charge in [0.2, 0.25) is 0 Å². The number of aryl methyl sites for hydroxylation is 1. The highest BCUT2D eigenvalue weighted by Gasteiger charge is 2.24. The van der Waals surface area contributed by atoms with Crippen LogP contribution in [0.3, 0.4) is 0 Å². The number of carbonyl (C=O) groups is 1. The number of amides is 1. The Kier molecular flexibility index (Phi) is 4.78. The van der Waals surface area contributed by atoms with Gasteiger partial charge in [-0.3, -0.25) is 4.79 Å². The van der Waals surface area contributed by atoms with Gasteiger partial charge in [0.1, 0.15) is 11.3 Å². The predicted molar refractivity (Wildman–Crippen MR) is 89.7 cm³/mol. The molecule has 24 heavy (non-hydrogen) atoms. The van der Waals surface area contributed by atoms with Crippen molar-refractivity contribution in [2.45, 2.75) is 20.0 Å². The summed E-state index contributed by atoms with van der Waals surface area (Å²) in [5.74, 6) is 0.187. The van der Waals surface area contributed by atoms with E-state index >= 15 is 0 Å². The summed E-state index contributed by atoms with van der Waals surface area (Å²) < 4.78 is 16.2. The Morgan fingerprint density at radius 3 is 2.71 bits per heavy atom. The quantitative estimate of drug-likeness (QED) is 0.794. The van der Waals surface area contributed by atoms with Crippen molar-refractivity contribution in [2.75, 3.05) is 26.3 Å². The summed E-state index contributed by atoms with van der Waals surface area (Å²) in [6.07, 6.45) is -0.699. The maximum Gasteiger partial charge on any atom is 0.336 e. The molecule has 1 aliphatic heterocycles. The van der Waals surface area contributed by atoms with Gasteiger partial charge >= 0.3 is 5.63 Å². The van der Waals surface area contributed by atoms with E-state index in [1.54, 1.807) is 30.9 Å². The first kappa shape index (κ1) is 16.8. The Morgan fingerprint density at radius 2 is 2.00 bits per heavy atom. The van der Waals surface area contributed by atoms with Crippen LogP contribution in [-0.4, -0.2) is 43.2 Å². The fraction of sp³-hybridized carbons (Fsp3) is 0.412. The largest absolute Gasteiger partial charge is 0.479 e. The lowest BCUT2D eigenvalue weighted by atomic mass is 10.1. The molecule has 1 fully saturated rings. The van der Waals surface area contributed by atoms with Crippen LogP contribution in [0.15, 0.2) is 27.4 Å². The van der Waals surface area contributed by atoms with Gasteiger partial charge in [0.25, 0.3) is 5.91 Å². The molecule has 0 N–H and O–H groups in total. The Morgan fingerprint density at radius 1 is 1.29 bits per heavy atom. The average molecular weight is 352 g/mol. The second kappa shape index (κ2) is 6.83. The fourth-order valence-corrected chi connectivity index (χ4v) is 2.90. The monoisotopic (exact) mass is 351 g/mol. The van der Waals surface area contributed by atoms with Gasteiger partial charge in [-0.15, -0.1) is 0 Å². The summed E-state index contributed by atoms with van der Waals surface area (Å²) in [5, 5.41) is 1.10. The minimum Gasteiger partial charge on any atom is -0.479 e. The molecule has 1 atom stereocenters. The van der Waals surface area contributed by atoms with Crippen LogP contribution < -0.4 is 10.4 Å². The molecule has 7 heteroatoms. The molecule has 0 saturated carbocycles. The first-order valence-electron chi connectivity index (χ1n) is 7.73. The van der Waals surface area contributed by atoms with Gasteiger partial charge < -0.3 is 18.8 Å². The first-order chi connectivity index (χ1) is 11.5. The standard InChI is InChI=1S/C17H18ClNO5/c1-10-7-16(20)24-14-9-15(13(18)8-12(10)14)23-11(2)17(21)19-3-5-22-6-4-19/h7-9,11H,3-6H2,1-2H3/t11-/m0/s1. The molecule has 1 aliphatic rings. The lowest BCUT2D eigenvalue weighted by Crippen LogP contribution is -2.46. The minimum atomic E-state index is -0.699. The molecular formula is C17H18ClNO5. The van der Waals surface area contributed by atoms with E-state index in [2.05, 4.69) is 0 Å². The molecule has 1 amide bonds. The van der Waals surface area contributed by atoms with Crippen molar-refractivity contribution in [3.63, 3.8) is 0 Å². The third-order valence-corrected chi connectivity index (χ3v) is 4.27. The van der Waals surface area contributed by atoms with Crippen molar-refractivity contribution in [1.29, 1.82) is 0 Å². The van der Waals surface area contributed by atoms with Gasteiger partial charge in [-0.1, -0.05) is 11.6 Å². The maximum absolute atomic E-state index is 12.4. The Balaban J connectivity index is 1.85. The minimum absolute atomic E-state index is 0.125. The maximum atomic E-state index is 12.4. The number of nitrogens with zero attached hydrogens (tertiary/aromatic N) is 1. The number of fused-ring (bicyclic) bond motifs is 1. The highest BCUT2D eigenvalue weighted by molar-refractivity contribution is 6.32. The summed E-state index contributed by atoms with van der Waals surface area (Å²) in [6, 6.07) is 4.63. The fourth-order valence-electron chi connectivity index (χ4n) is 2.69. The van der Waals surface area contributed by atoms with Crippen molar-refractivity contribution in [3.8, 4) is 5.75 Å². The summed E-state index contributed by atoms with van der Waals surface area (Å²) >= 11 is 6.26. The van der Waals surface area contributed by atoms with E-state index in [1.807, 2.05) is 0 Å². The molecule has 0 bridgehead atoms. The summed E-state index contributed by atoms with van der Waals surface area (Å²) in [5.41, 5.74) is 0.711. The van der Waals surface area contributed by atoms with Crippen LogP contribution in [0, 0.1) is 6.92 Å². The van der Waals surface area contributed by atoms with Crippen LogP contribution in [0.25, 0.3) is 11.0 Å². The van der Waals surface area contributed by atoms with Crippen LogP contribution >= 0.6 is 11.6 Å². The first-order valence-corrected chi connectivity index (χ1v) is 8.10. The Hall–Kier alpha value is -2.05. The van der Waals surface area contributed by atoms with E-state index in [-0.39, 0.29) is 5.91 Å². The number of ether oxygens (including phenoxy) is 2. The van der Waals surface area contributed by atoms with E-state index in [4.69, 9.17) is 25.5 Å². The van der Waals surface area contributed by atoms with Crippen LogP contribution in [0.1, 0.15) is 12.5 Å². The zero-order valence-corrected chi connectivity index (χ0v) is 14.3. The van der Waals surface area contributed by atoms with Crippen molar-refractivity contribution < 1.29 is 18.7 Å². The van der Waals surface area contributed by atoms with E-state index < -0.39 is 11.7 Å². The summed E-state index contributed by atoms with van der Waals surface area (Å²) in [4.78, 5) is 25.6. The number of hydrogen-bond donors (Lipinski definition) is 0. The van der Waals surface area contributed by atoms with Crippen molar-refractivity contribution >= 4 is 28.5 Å². The lowest BCUT2D eigenvalue weighted by Gasteiger charge is -2.29. The molecule has 1 aromatic carbocycles. The number of rotatable bonds is 3. The highest BCUT2D eigenvalue weighted by Crippen LogP contribution is 2.31. The van der Waals surface area contributed by atoms with Crippen molar-refractivity contribution in [2.24, 2.45) is 0 Å². The van der Waals surface area contributed by atoms with Gasteiger partial charge in [0, 0.05) is 30.6 Å². The Labute approximate surface area is 143 Å². The topological polar surface area (TPSA) is 69.0 Å². The number of carbonyl (C=O) groups excluding carboxylic acids is 1. The SMILES string of the molecule is Cc1cc(=O)oc2cc(O[C@@H](C)C(=O)N3CCOCC3)c(Cl)cc12. The number of hydrogen-bond acceptors (Lipinski definition) is 5. The molecule has 0 aliphatic carbocycles. The molecule has 3 rings (SSSR count). The predicted octanol–water partition coefficient (Wildman–Crippen LogP) is 2.38. The molecule has 6 nitrogen and oxygen atoms in total. The van der Waals surface area contributed by atoms with E-state index in [9.17, 15) is 9.59 Å². The third kappa shape index (κ3) is 3.39. The smallest absolute Gasteiger partial charge is 0.336 e. The molecule has 1 saturated heterocycles. The highest BCUT2D eigenvalue weighted by atomic mass is 35.5. The molecule has 0 unspecified atom stereocenters. The average Bonchev–Trinajstić information content (AvgIpc) is 2.56. The zero-order valence-electron chi connectivity index (χ0n) is 13.5. The van der Waals surface area contributed by atoms with E-state index in [0.29, 0.717) is 42.7 Å². The van der Waals surface area contributed by atoms with Gasteiger partial charge in [-0.2, -0.15) is 0 Å². The van der Waals surface area contributed by atoms with Crippen LogP contribution in [-0.2, 0) is 9.53 Å². The molecule has 128 valence electrons. The molecule has 0 spiro atoms. The lowest BCUT2D eigenvalue weighted by molar-refractivity contribution is -0.142. The molecule has 0 radical (unpaired) electrons. The van der Waals surface area contributed by atoms with Crippen LogP contribution in [0.5, 0.6) is 5.75 Å². The van der Waals surface area contributed by atoms with Gasteiger partial charge in [-0.25, -0.2) is 4.79 Å². The second-order valence-corrected chi connectivity index (χ2v) is 6.13. The number of morpholine rings is 1. The van der Waals surface area contributed by atoms with E-state index in [1.165, 1.54) is 6.07 Å². The number of benzene rings is 1.